The van der Waals surface area contributed by atoms with Gasteiger partial charge in [-0.15, -0.1) is 16.4 Å². The highest BCUT2D eigenvalue weighted by Gasteiger charge is 2.35. The molecule has 3 heterocycles. The highest BCUT2D eigenvalue weighted by atomic mass is 32.1. The first-order chi connectivity index (χ1) is 19.2. The van der Waals surface area contributed by atoms with Crippen molar-refractivity contribution in [2.75, 3.05) is 10.2 Å². The largest absolute Gasteiger partial charge is 0.349 e. The summed E-state index contributed by atoms with van der Waals surface area (Å²) in [7, 11) is 0. The maximum absolute atomic E-state index is 14.1. The fourth-order valence-corrected chi connectivity index (χ4v) is 5.57. The molecular weight excluding hydrogens is 544 g/mol. The summed E-state index contributed by atoms with van der Waals surface area (Å²) in [6, 6.07) is 18.8. The number of nitrogens with zero attached hydrogens (tertiary/aromatic N) is 4. The van der Waals surface area contributed by atoms with Crippen molar-refractivity contribution in [1.29, 1.82) is 0 Å². The van der Waals surface area contributed by atoms with E-state index in [1.165, 1.54) is 32.3 Å². The number of benzene rings is 2. The quantitative estimate of drug-likeness (QED) is 0.255. The molecule has 0 aliphatic rings. The number of fused-ring (bicyclic) bond motifs is 1. The topological polar surface area (TPSA) is 109 Å². The maximum Gasteiger partial charge on any atom is 0.265 e. The normalized spacial score (nSPS) is 12.2. The molecule has 2 aromatic carbocycles. The van der Waals surface area contributed by atoms with Crippen LogP contribution >= 0.6 is 22.7 Å². The molecule has 1 atom stereocenters. The lowest BCUT2D eigenvalue weighted by molar-refractivity contribution is -0.128. The van der Waals surface area contributed by atoms with Crippen molar-refractivity contribution in [3.8, 4) is 0 Å². The van der Waals surface area contributed by atoms with Crippen LogP contribution in [-0.2, 0) is 16.1 Å². The molecule has 1 unspecified atom stereocenters. The Morgan fingerprint density at radius 2 is 1.75 bits per heavy atom. The molecule has 0 bridgehead atoms. The molecule has 5 aromatic rings. The zero-order valence-electron chi connectivity index (χ0n) is 22.2. The second-order valence-electron chi connectivity index (χ2n) is 10.2. The molecule has 0 fully saturated rings. The number of carbonyl (C=O) groups is 3. The summed E-state index contributed by atoms with van der Waals surface area (Å²) in [6.07, 6.45) is 0. The smallest absolute Gasteiger partial charge is 0.265 e. The molecule has 204 valence electrons. The van der Waals surface area contributed by atoms with Crippen LogP contribution in [0.5, 0.6) is 0 Å². The SMILES string of the molecule is CC(C)(C)NC(=O)C(c1ccsc1)N(C(=O)Cn1nnc2ccccc21)c1ccc(NC(=O)c2cccs2)cc1. The predicted molar refractivity (Wildman–Crippen MR) is 159 cm³/mol. The molecule has 3 aromatic heterocycles. The molecule has 0 saturated heterocycles. The number of para-hydroxylation sites is 1. The number of thiophene rings is 2. The molecule has 9 nitrogen and oxygen atoms in total. The first kappa shape index (κ1) is 27.2. The summed E-state index contributed by atoms with van der Waals surface area (Å²) in [6.45, 7) is 5.57. The predicted octanol–water partition coefficient (Wildman–Crippen LogP) is 5.50. The van der Waals surface area contributed by atoms with Crippen LogP contribution in [0.15, 0.2) is 82.9 Å². The Morgan fingerprint density at radius 3 is 2.42 bits per heavy atom. The van der Waals surface area contributed by atoms with Crippen LogP contribution in [0, 0.1) is 0 Å². The first-order valence-electron chi connectivity index (χ1n) is 12.6. The third-order valence-corrected chi connectivity index (χ3v) is 7.56. The second-order valence-corrected chi connectivity index (χ2v) is 11.9. The fraction of sp³-hybridized carbons (Fsp3) is 0.207. The van der Waals surface area contributed by atoms with E-state index < -0.39 is 11.6 Å². The van der Waals surface area contributed by atoms with Crippen molar-refractivity contribution in [2.45, 2.75) is 38.9 Å². The van der Waals surface area contributed by atoms with Crippen LogP contribution in [0.25, 0.3) is 11.0 Å². The Kier molecular flexibility index (Phi) is 7.76. The lowest BCUT2D eigenvalue weighted by atomic mass is 10.0. The van der Waals surface area contributed by atoms with E-state index in [9.17, 15) is 14.4 Å². The fourth-order valence-electron chi connectivity index (χ4n) is 4.27. The average molecular weight is 573 g/mol. The summed E-state index contributed by atoms with van der Waals surface area (Å²) < 4.78 is 1.53. The van der Waals surface area contributed by atoms with E-state index in [4.69, 9.17) is 0 Å². The van der Waals surface area contributed by atoms with Gasteiger partial charge in [-0.25, -0.2) is 4.68 Å². The monoisotopic (exact) mass is 572 g/mol. The van der Waals surface area contributed by atoms with E-state index in [1.54, 1.807) is 30.3 Å². The Morgan fingerprint density at radius 1 is 0.975 bits per heavy atom. The molecule has 40 heavy (non-hydrogen) atoms. The van der Waals surface area contributed by atoms with Gasteiger partial charge in [0.25, 0.3) is 5.91 Å². The van der Waals surface area contributed by atoms with Crippen LogP contribution in [0.3, 0.4) is 0 Å². The Hall–Kier alpha value is -4.35. The van der Waals surface area contributed by atoms with Crippen LogP contribution in [0.4, 0.5) is 11.4 Å². The summed E-state index contributed by atoms with van der Waals surface area (Å²) in [4.78, 5) is 42.4. The number of carbonyl (C=O) groups excluding carboxylic acids is 3. The van der Waals surface area contributed by atoms with Gasteiger partial charge in [0.1, 0.15) is 18.1 Å². The average Bonchev–Trinajstić information content (AvgIpc) is 3.70. The van der Waals surface area contributed by atoms with E-state index in [0.29, 0.717) is 32.8 Å². The minimum absolute atomic E-state index is 0.124. The Bertz CT molecular complexity index is 1620. The molecule has 0 saturated carbocycles. The van der Waals surface area contributed by atoms with Gasteiger partial charge in [-0.05, 0) is 91.0 Å². The molecule has 0 spiro atoms. The molecule has 0 aliphatic heterocycles. The van der Waals surface area contributed by atoms with Gasteiger partial charge < -0.3 is 10.6 Å². The van der Waals surface area contributed by atoms with Crippen LogP contribution < -0.4 is 15.5 Å². The highest BCUT2D eigenvalue weighted by Crippen LogP contribution is 2.31. The van der Waals surface area contributed by atoms with Crippen molar-refractivity contribution < 1.29 is 14.4 Å². The van der Waals surface area contributed by atoms with Gasteiger partial charge in [0.05, 0.1) is 10.4 Å². The van der Waals surface area contributed by atoms with Gasteiger partial charge in [-0.1, -0.05) is 23.4 Å². The van der Waals surface area contributed by atoms with Gasteiger partial charge in [-0.3, -0.25) is 19.3 Å². The number of nitrogens with one attached hydrogen (secondary N) is 2. The lowest BCUT2D eigenvalue weighted by Crippen LogP contribution is -2.50. The van der Waals surface area contributed by atoms with E-state index in [-0.39, 0.29) is 24.3 Å². The van der Waals surface area contributed by atoms with Gasteiger partial charge in [0.2, 0.25) is 11.8 Å². The molecule has 11 heteroatoms. The lowest BCUT2D eigenvalue weighted by Gasteiger charge is -2.33. The number of aromatic nitrogens is 3. The molecule has 3 amide bonds. The van der Waals surface area contributed by atoms with Gasteiger partial charge >= 0.3 is 0 Å². The minimum atomic E-state index is -0.931. The van der Waals surface area contributed by atoms with Crippen molar-refractivity contribution in [3.63, 3.8) is 0 Å². The van der Waals surface area contributed by atoms with Crippen molar-refractivity contribution in [3.05, 3.63) is 93.3 Å². The maximum atomic E-state index is 14.1. The Balaban J connectivity index is 1.51. The molecule has 0 aliphatic carbocycles. The number of rotatable bonds is 8. The van der Waals surface area contributed by atoms with Crippen LogP contribution in [-0.4, -0.2) is 38.3 Å². The van der Waals surface area contributed by atoms with Gasteiger partial charge in [0, 0.05) is 16.9 Å². The zero-order valence-corrected chi connectivity index (χ0v) is 23.8. The molecule has 5 rings (SSSR count). The number of anilines is 2. The van der Waals surface area contributed by atoms with E-state index in [2.05, 4.69) is 20.9 Å². The summed E-state index contributed by atoms with van der Waals surface area (Å²) in [5, 5.41) is 19.8. The first-order valence-corrected chi connectivity index (χ1v) is 14.4. The molecular formula is C29H28N6O3S2. The standard InChI is InChI=1S/C29H28N6O3S2/c1-29(2,3)31-28(38)26(19-14-16-39-18-19)35(25(36)17-34-23-8-5-4-7-22(23)32-33-34)21-12-10-20(11-13-21)30-27(37)24-9-6-15-40-24/h4-16,18,26H,17H2,1-3H3,(H,30,37)(H,31,38). The van der Waals surface area contributed by atoms with E-state index >= 15 is 0 Å². The number of amides is 3. The summed E-state index contributed by atoms with van der Waals surface area (Å²) >= 11 is 2.80. The van der Waals surface area contributed by atoms with E-state index in [1.807, 2.05) is 73.3 Å². The van der Waals surface area contributed by atoms with Crippen LogP contribution in [0.1, 0.15) is 42.0 Å². The second kappa shape index (κ2) is 11.4. The van der Waals surface area contributed by atoms with Crippen LogP contribution in [0.2, 0.25) is 0 Å². The van der Waals surface area contributed by atoms with Gasteiger partial charge in [0.15, 0.2) is 0 Å². The van der Waals surface area contributed by atoms with Gasteiger partial charge in [-0.2, -0.15) is 11.3 Å². The highest BCUT2D eigenvalue weighted by molar-refractivity contribution is 7.12. The van der Waals surface area contributed by atoms with Crippen molar-refractivity contribution >= 4 is 62.8 Å². The third kappa shape index (κ3) is 6.11. The zero-order chi connectivity index (χ0) is 28.3. The molecule has 2 N–H and O–H groups in total. The summed E-state index contributed by atoms with van der Waals surface area (Å²) in [5.41, 5.74) is 2.64. The number of hydrogen-bond acceptors (Lipinski definition) is 7. The van der Waals surface area contributed by atoms with Crippen molar-refractivity contribution in [2.24, 2.45) is 0 Å². The third-order valence-electron chi connectivity index (χ3n) is 5.99. The summed E-state index contributed by atoms with van der Waals surface area (Å²) in [5.74, 6) is -0.862. The van der Waals surface area contributed by atoms with Crippen molar-refractivity contribution in [1.82, 2.24) is 20.3 Å². The number of hydrogen-bond donors (Lipinski definition) is 2. The van der Waals surface area contributed by atoms with E-state index in [0.717, 1.165) is 0 Å². The minimum Gasteiger partial charge on any atom is -0.349 e. The Labute approximate surface area is 239 Å². The molecule has 0 radical (unpaired) electrons.